The number of nitrogens with zero attached hydrogens (tertiary/aromatic N) is 1. The minimum atomic E-state index is -0.565. The van der Waals surface area contributed by atoms with Crippen LogP contribution in [0.3, 0.4) is 0 Å². The van der Waals surface area contributed by atoms with Gasteiger partial charge in [-0.2, -0.15) is 0 Å². The Bertz CT molecular complexity index is 385. The van der Waals surface area contributed by atoms with Crippen LogP contribution in [-0.4, -0.2) is 21.9 Å². The second-order valence-electron chi connectivity index (χ2n) is 4.33. The summed E-state index contributed by atoms with van der Waals surface area (Å²) in [6.07, 6.45) is 3.43. The average Bonchev–Trinajstić information content (AvgIpc) is 3.06. The minimum Gasteiger partial charge on any atom is -0.297 e. The molecule has 0 unspecified atom stereocenters. The Morgan fingerprint density at radius 3 is 2.61 bits per heavy atom. The molecule has 0 spiro atoms. The Morgan fingerprint density at radius 2 is 2.00 bits per heavy atom. The van der Waals surface area contributed by atoms with E-state index >= 15 is 0 Å². The average molecular weight is 312 g/mol. The lowest BCUT2D eigenvalue weighted by Crippen LogP contribution is -2.42. The Balaban J connectivity index is 0.00000162. The van der Waals surface area contributed by atoms with Gasteiger partial charge in [-0.1, -0.05) is 41.4 Å². The standard InChI is InChI=1S/C12H16Cl2N2O.ClH/c13-11-6-2-1-4-10(11)5-3-9-15-16(17)12(14)7-8-12;/h1-2,4,6,15,17H,3,5,7-9H2;1H. The highest BCUT2D eigenvalue weighted by Crippen LogP contribution is 2.43. The van der Waals surface area contributed by atoms with Crippen molar-refractivity contribution in [2.45, 2.75) is 30.7 Å². The van der Waals surface area contributed by atoms with Gasteiger partial charge in [-0.25, -0.2) is 5.43 Å². The number of hydrogen-bond donors (Lipinski definition) is 2. The van der Waals surface area contributed by atoms with E-state index in [4.69, 9.17) is 23.2 Å². The van der Waals surface area contributed by atoms with E-state index in [1.807, 2.05) is 24.3 Å². The number of hydrogen-bond acceptors (Lipinski definition) is 3. The molecule has 102 valence electrons. The first-order valence-corrected chi connectivity index (χ1v) is 6.52. The van der Waals surface area contributed by atoms with E-state index in [0.29, 0.717) is 6.54 Å². The van der Waals surface area contributed by atoms with E-state index in [0.717, 1.165) is 41.4 Å². The lowest BCUT2D eigenvalue weighted by atomic mass is 10.1. The molecule has 0 bridgehead atoms. The van der Waals surface area contributed by atoms with E-state index in [2.05, 4.69) is 5.43 Å². The molecule has 1 aromatic carbocycles. The van der Waals surface area contributed by atoms with Gasteiger partial charge in [-0.05, 0) is 37.3 Å². The van der Waals surface area contributed by atoms with Crippen LogP contribution >= 0.6 is 35.6 Å². The monoisotopic (exact) mass is 310 g/mol. The Hall–Kier alpha value is -0.0300. The molecule has 0 saturated heterocycles. The number of hydroxylamine groups is 1. The third-order valence-electron chi connectivity index (χ3n) is 2.88. The third kappa shape index (κ3) is 4.26. The molecule has 1 aliphatic carbocycles. The van der Waals surface area contributed by atoms with Crippen LogP contribution in [0, 0.1) is 0 Å². The van der Waals surface area contributed by atoms with Gasteiger partial charge in [0.15, 0.2) is 0 Å². The van der Waals surface area contributed by atoms with Crippen LogP contribution in [0.2, 0.25) is 5.02 Å². The molecule has 0 radical (unpaired) electrons. The Kier molecular flexibility index (Phi) is 6.18. The van der Waals surface area contributed by atoms with Crippen LogP contribution in [0.1, 0.15) is 24.8 Å². The number of benzene rings is 1. The van der Waals surface area contributed by atoms with Crippen molar-refractivity contribution >= 4 is 35.6 Å². The summed E-state index contributed by atoms with van der Waals surface area (Å²) in [6.45, 7) is 0.677. The van der Waals surface area contributed by atoms with Gasteiger partial charge in [0.2, 0.25) is 0 Å². The summed E-state index contributed by atoms with van der Waals surface area (Å²) in [6, 6.07) is 7.80. The lowest BCUT2D eigenvalue weighted by Gasteiger charge is -2.20. The van der Waals surface area contributed by atoms with Gasteiger partial charge < -0.3 is 0 Å². The van der Waals surface area contributed by atoms with Gasteiger partial charge >= 0.3 is 0 Å². The maximum atomic E-state index is 9.56. The van der Waals surface area contributed by atoms with Gasteiger partial charge in [0.25, 0.3) is 0 Å². The van der Waals surface area contributed by atoms with Gasteiger partial charge in [0.05, 0.1) is 0 Å². The molecule has 0 atom stereocenters. The molecule has 3 nitrogen and oxygen atoms in total. The summed E-state index contributed by atoms with van der Waals surface area (Å²) in [5.41, 5.74) is 4.02. The van der Waals surface area contributed by atoms with Crippen LogP contribution in [0.4, 0.5) is 0 Å². The van der Waals surface area contributed by atoms with Crippen LogP contribution in [0.25, 0.3) is 0 Å². The second-order valence-corrected chi connectivity index (χ2v) is 5.44. The molecular formula is C12H17Cl3N2O. The van der Waals surface area contributed by atoms with Gasteiger partial charge in [-0.15, -0.1) is 17.6 Å². The summed E-state index contributed by atoms with van der Waals surface area (Å²) < 4.78 is 0. The smallest absolute Gasteiger partial charge is 0.135 e. The largest absolute Gasteiger partial charge is 0.297 e. The van der Waals surface area contributed by atoms with Crippen molar-refractivity contribution < 1.29 is 5.21 Å². The van der Waals surface area contributed by atoms with E-state index in [1.165, 1.54) is 0 Å². The highest BCUT2D eigenvalue weighted by atomic mass is 35.5. The first kappa shape index (κ1) is 16.0. The second kappa shape index (κ2) is 6.94. The molecule has 0 aliphatic heterocycles. The van der Waals surface area contributed by atoms with Crippen molar-refractivity contribution in [3.05, 3.63) is 34.9 Å². The number of nitrogens with one attached hydrogen (secondary N) is 1. The topological polar surface area (TPSA) is 35.5 Å². The van der Waals surface area contributed by atoms with Crippen LogP contribution in [0.15, 0.2) is 24.3 Å². The lowest BCUT2D eigenvalue weighted by molar-refractivity contribution is -0.157. The van der Waals surface area contributed by atoms with E-state index < -0.39 is 5.00 Å². The van der Waals surface area contributed by atoms with E-state index in [9.17, 15) is 5.21 Å². The molecule has 1 saturated carbocycles. The SMILES string of the molecule is Cl.ON(NCCCc1ccccc1Cl)C1(Cl)CC1. The fourth-order valence-corrected chi connectivity index (χ4v) is 2.01. The highest BCUT2D eigenvalue weighted by molar-refractivity contribution is 6.31. The van der Waals surface area contributed by atoms with E-state index in [-0.39, 0.29) is 12.4 Å². The van der Waals surface area contributed by atoms with Crippen molar-refractivity contribution in [2.24, 2.45) is 0 Å². The summed E-state index contributed by atoms with van der Waals surface area (Å²) in [5.74, 6) is 0. The first-order chi connectivity index (χ1) is 8.12. The van der Waals surface area contributed by atoms with Gasteiger partial charge in [-0.3, -0.25) is 5.21 Å². The zero-order valence-corrected chi connectivity index (χ0v) is 12.2. The van der Waals surface area contributed by atoms with Crippen molar-refractivity contribution in [2.75, 3.05) is 6.54 Å². The molecule has 2 rings (SSSR count). The summed E-state index contributed by atoms with van der Waals surface area (Å²) >= 11 is 12.1. The predicted molar refractivity (Wildman–Crippen MR) is 76.5 cm³/mol. The molecule has 2 N–H and O–H groups in total. The zero-order chi connectivity index (χ0) is 12.3. The third-order valence-corrected chi connectivity index (χ3v) is 3.79. The molecule has 1 aromatic rings. The van der Waals surface area contributed by atoms with E-state index in [1.54, 1.807) is 0 Å². The number of hydrazine groups is 1. The maximum absolute atomic E-state index is 9.56. The van der Waals surface area contributed by atoms with Crippen molar-refractivity contribution in [3.8, 4) is 0 Å². The molecule has 1 aliphatic rings. The molecule has 0 aromatic heterocycles. The summed E-state index contributed by atoms with van der Waals surface area (Å²) in [7, 11) is 0. The first-order valence-electron chi connectivity index (χ1n) is 5.77. The molecule has 1 fully saturated rings. The molecule has 6 heteroatoms. The molecule has 0 heterocycles. The number of alkyl halides is 1. The quantitative estimate of drug-likeness (QED) is 0.364. The normalized spacial score (nSPS) is 16.4. The fraction of sp³-hybridized carbons (Fsp3) is 0.500. The van der Waals surface area contributed by atoms with Crippen molar-refractivity contribution in [3.63, 3.8) is 0 Å². The van der Waals surface area contributed by atoms with Crippen LogP contribution in [-0.2, 0) is 6.42 Å². The summed E-state index contributed by atoms with van der Waals surface area (Å²) in [4.78, 5) is -0.565. The zero-order valence-electron chi connectivity index (χ0n) is 9.90. The van der Waals surface area contributed by atoms with Crippen LogP contribution in [0.5, 0.6) is 0 Å². The molecule has 0 amide bonds. The fourth-order valence-electron chi connectivity index (χ4n) is 1.62. The van der Waals surface area contributed by atoms with Crippen molar-refractivity contribution in [1.82, 2.24) is 10.6 Å². The summed E-state index contributed by atoms with van der Waals surface area (Å²) in [5, 5.41) is 11.4. The Labute approximate surface area is 123 Å². The van der Waals surface area contributed by atoms with Gasteiger partial charge in [0, 0.05) is 11.6 Å². The van der Waals surface area contributed by atoms with Crippen LogP contribution < -0.4 is 5.43 Å². The predicted octanol–water partition coefficient (Wildman–Crippen LogP) is 3.62. The minimum absolute atomic E-state index is 0. The Morgan fingerprint density at radius 1 is 1.33 bits per heavy atom. The molecular weight excluding hydrogens is 295 g/mol. The van der Waals surface area contributed by atoms with Crippen molar-refractivity contribution in [1.29, 1.82) is 0 Å². The maximum Gasteiger partial charge on any atom is 0.135 e. The number of aryl methyl sites for hydroxylation is 1. The number of halogens is 3. The highest BCUT2D eigenvalue weighted by Gasteiger charge is 2.46. The van der Waals surface area contributed by atoms with Gasteiger partial charge in [0.1, 0.15) is 5.00 Å². The number of rotatable bonds is 6. The molecule has 18 heavy (non-hydrogen) atoms.